The molecule has 0 atom stereocenters. The molecule has 0 aliphatic carbocycles. The summed E-state index contributed by atoms with van der Waals surface area (Å²) >= 11 is 0. The predicted octanol–water partition coefficient (Wildman–Crippen LogP) is 9.87. The largest absolute Gasteiger partial charge is 0.493 e. The van der Waals surface area contributed by atoms with E-state index >= 15 is 0 Å². The average molecular weight is 529 g/mol. The predicted molar refractivity (Wildman–Crippen MR) is 152 cm³/mol. The molecule has 0 radical (unpaired) electrons. The summed E-state index contributed by atoms with van der Waals surface area (Å²) < 4.78 is 1.52. The number of nitrogens with zero attached hydrogens (tertiary/aromatic N) is 2. The third-order valence-electron chi connectivity index (χ3n) is 7.40. The summed E-state index contributed by atoms with van der Waals surface area (Å²) in [7, 11) is 0. The summed E-state index contributed by atoms with van der Waals surface area (Å²) in [6.45, 7) is 13.4. The molecule has 198 valence electrons. The van der Waals surface area contributed by atoms with Crippen LogP contribution in [0.2, 0.25) is 0 Å². The molecule has 36 heavy (non-hydrogen) atoms. The second-order valence-electron chi connectivity index (χ2n) is 10.2. The molecular weight excluding hydrogens is 483 g/mol. The first-order chi connectivity index (χ1) is 17.0. The Morgan fingerprint density at radius 2 is 1.00 bits per heavy atom. The van der Waals surface area contributed by atoms with E-state index in [1.165, 1.54) is 69.3 Å². The van der Waals surface area contributed by atoms with Crippen LogP contribution in [0.25, 0.3) is 16.9 Å². The fourth-order valence-corrected chi connectivity index (χ4v) is 5.27. The molecule has 3 rings (SSSR count). The van der Waals surface area contributed by atoms with Gasteiger partial charge in [-0.1, -0.05) is 66.0 Å². The van der Waals surface area contributed by atoms with Gasteiger partial charge in [0.2, 0.25) is 11.4 Å². The number of hydrogen-bond donors (Lipinski definition) is 0. The Hall–Kier alpha value is -1.99. The van der Waals surface area contributed by atoms with Crippen molar-refractivity contribution < 1.29 is 21.2 Å². The van der Waals surface area contributed by atoms with Gasteiger partial charge in [-0.25, -0.2) is 4.70 Å². The van der Waals surface area contributed by atoms with Crippen molar-refractivity contribution in [2.75, 3.05) is 0 Å². The van der Waals surface area contributed by atoms with E-state index in [9.17, 15) is 5.53 Å². The molecular formula is C33H46N2Ni. The summed E-state index contributed by atoms with van der Waals surface area (Å²) in [5.41, 5.74) is 24.0. The number of benzene rings is 2. The molecule has 1 heterocycles. The van der Waals surface area contributed by atoms with Gasteiger partial charge in [-0.3, -0.25) is 0 Å². The number of unbranched alkanes of at least 4 members (excludes halogenated alkanes) is 3. The Labute approximate surface area is 230 Å². The maximum absolute atomic E-state index is 11.8. The van der Waals surface area contributed by atoms with E-state index in [-0.39, 0.29) is 16.5 Å². The minimum absolute atomic E-state index is 0. The van der Waals surface area contributed by atoms with Gasteiger partial charge in [-0.05, 0) is 105 Å². The fourth-order valence-electron chi connectivity index (χ4n) is 5.27. The van der Waals surface area contributed by atoms with Crippen LogP contribution in [0, 0.1) is 0 Å². The van der Waals surface area contributed by atoms with Crippen LogP contribution in [0.4, 0.5) is 0 Å². The molecule has 0 saturated heterocycles. The zero-order chi connectivity index (χ0) is 25.4. The quantitative estimate of drug-likeness (QED) is 0.182. The Kier molecular flexibility index (Phi) is 12.3. The summed E-state index contributed by atoms with van der Waals surface area (Å²) in [6.07, 6.45) is 12.3. The summed E-state index contributed by atoms with van der Waals surface area (Å²) in [6, 6.07) is 13.9. The van der Waals surface area contributed by atoms with Crippen molar-refractivity contribution in [3.63, 3.8) is 0 Å². The van der Waals surface area contributed by atoms with Gasteiger partial charge in [0, 0.05) is 38.8 Å². The third kappa shape index (κ3) is 7.07. The van der Waals surface area contributed by atoms with E-state index in [1.807, 2.05) is 0 Å². The first-order valence-electron chi connectivity index (χ1n) is 14.2. The van der Waals surface area contributed by atoms with Gasteiger partial charge in [0.05, 0.1) is 0 Å². The van der Waals surface area contributed by atoms with E-state index < -0.39 is 0 Å². The van der Waals surface area contributed by atoms with Crippen LogP contribution < -0.4 is 0 Å². The molecule has 2 aromatic carbocycles. The van der Waals surface area contributed by atoms with Crippen molar-refractivity contribution in [3.05, 3.63) is 86.5 Å². The van der Waals surface area contributed by atoms with Crippen molar-refractivity contribution in [3.8, 4) is 0 Å². The molecule has 0 unspecified atom stereocenters. The zero-order valence-corrected chi connectivity index (χ0v) is 24.4. The molecule has 0 bridgehead atoms. The van der Waals surface area contributed by atoms with Gasteiger partial charge in [0.15, 0.2) is 0 Å². The van der Waals surface area contributed by atoms with E-state index in [0.29, 0.717) is 0 Å². The van der Waals surface area contributed by atoms with Crippen LogP contribution in [0.3, 0.4) is 0 Å². The average Bonchev–Trinajstić information content (AvgIpc) is 3.13. The molecule has 0 aromatic heterocycles. The van der Waals surface area contributed by atoms with Crippen molar-refractivity contribution >= 4 is 11.4 Å². The Bertz CT molecular complexity index is 1060. The van der Waals surface area contributed by atoms with E-state index in [0.717, 1.165) is 61.9 Å². The van der Waals surface area contributed by atoms with Gasteiger partial charge in [0.25, 0.3) is 0 Å². The molecule has 0 spiro atoms. The van der Waals surface area contributed by atoms with Gasteiger partial charge in [0.1, 0.15) is 0 Å². The first kappa shape index (κ1) is 30.2. The molecule has 1 aliphatic heterocycles. The van der Waals surface area contributed by atoms with Crippen molar-refractivity contribution in [2.24, 2.45) is 0 Å². The van der Waals surface area contributed by atoms with Crippen molar-refractivity contribution in [1.82, 2.24) is 0 Å². The van der Waals surface area contributed by atoms with Crippen LogP contribution in [0.15, 0.2) is 47.5 Å². The monoisotopic (exact) mass is 528 g/mol. The van der Waals surface area contributed by atoms with Crippen LogP contribution in [-0.2, 0) is 42.2 Å². The number of allylic oxidation sites excluding steroid dienone is 2. The zero-order valence-electron chi connectivity index (χ0n) is 23.5. The summed E-state index contributed by atoms with van der Waals surface area (Å²) in [5.74, 6) is 0. The first-order valence-corrected chi connectivity index (χ1v) is 14.2. The molecule has 1 aliphatic rings. The molecule has 2 nitrogen and oxygen atoms in total. The van der Waals surface area contributed by atoms with Gasteiger partial charge in [-0.2, -0.15) is 0 Å². The maximum atomic E-state index is 11.8. The summed E-state index contributed by atoms with van der Waals surface area (Å²) in [4.78, 5) is 0. The molecule has 0 fully saturated rings. The molecule has 3 heteroatoms. The van der Waals surface area contributed by atoms with E-state index in [2.05, 4.69) is 77.9 Å². The van der Waals surface area contributed by atoms with Crippen LogP contribution >= 0.6 is 0 Å². The Balaban J connectivity index is 0.00000456. The Morgan fingerprint density at radius 3 is 1.47 bits per heavy atom. The molecule has 0 saturated carbocycles. The molecule has 2 aromatic rings. The van der Waals surface area contributed by atoms with Crippen LogP contribution in [0.1, 0.15) is 120 Å². The second kappa shape index (κ2) is 14.7. The normalized spacial score (nSPS) is 13.6. The number of aryl methyl sites for hydroxylation is 4. The van der Waals surface area contributed by atoms with Crippen LogP contribution in [-0.4, -0.2) is 4.70 Å². The minimum atomic E-state index is 0. The topological polar surface area (TPSA) is 25.3 Å². The number of rotatable bonds is 13. The standard InChI is InChI=1S/C33H46N2.Ni/c1-7-12-15-27-19-28(16-13-8-2)23-30(22-27)33-31(17-14-9-3)24(6)32(35(33)34)29-20-25(10-4)18-26(11-5)21-29;/h18-23H,7-17H2,1-6H3;. The van der Waals surface area contributed by atoms with Crippen LogP contribution in [0.5, 0.6) is 0 Å². The van der Waals surface area contributed by atoms with Crippen molar-refractivity contribution in [1.29, 1.82) is 0 Å². The van der Waals surface area contributed by atoms with E-state index in [1.54, 1.807) is 0 Å². The molecule has 0 N–H and O–H groups in total. The second-order valence-corrected chi connectivity index (χ2v) is 10.2. The fraction of sp³-hybridized carbons (Fsp3) is 0.515. The maximum Gasteiger partial charge on any atom is 0.211 e. The minimum Gasteiger partial charge on any atom is -0.493 e. The van der Waals surface area contributed by atoms with Gasteiger partial charge >= 0.3 is 0 Å². The SMILES string of the molecule is CCCCC1=C(c2cc(CCCC)cc(CCCC)c2)[N+](=[N-])C(c2cc(CC)cc(CC)c2)=C1C.[Ni]. The molecule has 0 amide bonds. The third-order valence-corrected chi connectivity index (χ3v) is 7.40. The number of hydrogen-bond acceptors (Lipinski definition) is 0. The summed E-state index contributed by atoms with van der Waals surface area (Å²) in [5, 5.41) is 0. The smallest absolute Gasteiger partial charge is 0.211 e. The van der Waals surface area contributed by atoms with E-state index in [4.69, 9.17) is 0 Å². The van der Waals surface area contributed by atoms with Gasteiger partial charge in [-0.15, -0.1) is 0 Å². The van der Waals surface area contributed by atoms with Gasteiger partial charge < -0.3 is 5.53 Å². The Morgan fingerprint density at radius 1 is 0.583 bits per heavy atom. The van der Waals surface area contributed by atoms with Crippen molar-refractivity contribution in [2.45, 2.75) is 112 Å².